The Kier molecular flexibility index (Phi) is 5.49. The second kappa shape index (κ2) is 7.59. The molecular formula is C14H15N3O2S. The summed E-state index contributed by atoms with van der Waals surface area (Å²) in [6.45, 7) is 0. The Hall–Kier alpha value is -1.95. The third kappa shape index (κ3) is 4.31. The first-order valence-corrected chi connectivity index (χ1v) is 7.22. The molecule has 0 unspecified atom stereocenters. The summed E-state index contributed by atoms with van der Waals surface area (Å²) in [5, 5.41) is 0.693. The van der Waals surface area contributed by atoms with Gasteiger partial charge in [-0.05, 0) is 24.6 Å². The molecule has 0 fully saturated rings. The second-order valence-electron chi connectivity index (χ2n) is 3.97. The molecule has 5 nitrogen and oxygen atoms in total. The molecule has 2 aromatic rings. The van der Waals surface area contributed by atoms with Crippen molar-refractivity contribution in [3.8, 4) is 11.4 Å². The Labute approximate surface area is 121 Å². The van der Waals surface area contributed by atoms with Gasteiger partial charge in [0.1, 0.15) is 0 Å². The van der Waals surface area contributed by atoms with E-state index in [0.29, 0.717) is 11.6 Å². The molecule has 0 N–H and O–H groups in total. The van der Waals surface area contributed by atoms with Crippen LogP contribution in [0.15, 0.2) is 41.8 Å². The minimum absolute atomic E-state index is 0.186. The monoisotopic (exact) mass is 289 g/mol. The molecule has 6 heteroatoms. The van der Waals surface area contributed by atoms with Crippen LogP contribution in [-0.4, -0.2) is 33.8 Å². The molecule has 0 aliphatic heterocycles. The van der Waals surface area contributed by atoms with Crippen LogP contribution in [0.2, 0.25) is 0 Å². The molecule has 104 valence electrons. The number of methoxy groups -OCH3 is 1. The summed E-state index contributed by atoms with van der Waals surface area (Å²) >= 11 is 1.52. The van der Waals surface area contributed by atoms with Gasteiger partial charge in [-0.15, -0.1) is 0 Å². The summed E-state index contributed by atoms with van der Waals surface area (Å²) in [5.41, 5.74) is 1.63. The molecule has 0 saturated carbocycles. The normalized spacial score (nSPS) is 10.2. The summed E-state index contributed by atoms with van der Waals surface area (Å²) in [4.78, 5) is 23.9. The molecule has 2 rings (SSSR count). The quantitative estimate of drug-likeness (QED) is 0.352. The lowest BCUT2D eigenvalue weighted by Crippen LogP contribution is -2.00. The van der Waals surface area contributed by atoms with Crippen molar-refractivity contribution in [2.45, 2.75) is 18.0 Å². The second-order valence-corrected chi connectivity index (χ2v) is 5.03. The molecule has 20 heavy (non-hydrogen) atoms. The largest absolute Gasteiger partial charge is 0.469 e. The van der Waals surface area contributed by atoms with Gasteiger partial charge in [0.2, 0.25) is 0 Å². The maximum Gasteiger partial charge on any atom is 0.305 e. The third-order valence-corrected chi connectivity index (χ3v) is 3.49. The van der Waals surface area contributed by atoms with Crippen LogP contribution in [0, 0.1) is 0 Å². The SMILES string of the molecule is COC(=O)CCCSc1nccc(-c2ccccn2)n1. The van der Waals surface area contributed by atoms with Gasteiger partial charge in [0, 0.05) is 24.6 Å². The predicted molar refractivity (Wildman–Crippen MR) is 77.2 cm³/mol. The number of ether oxygens (including phenoxy) is 1. The number of thioether (sulfide) groups is 1. The molecule has 0 aromatic carbocycles. The van der Waals surface area contributed by atoms with E-state index in [0.717, 1.165) is 23.6 Å². The van der Waals surface area contributed by atoms with E-state index in [1.165, 1.54) is 18.9 Å². The predicted octanol–water partition coefficient (Wildman–Crippen LogP) is 2.58. The lowest BCUT2D eigenvalue weighted by molar-refractivity contribution is -0.140. The molecule has 0 atom stereocenters. The van der Waals surface area contributed by atoms with E-state index in [1.807, 2.05) is 24.3 Å². The Balaban J connectivity index is 1.92. The maximum absolute atomic E-state index is 11.0. The Morgan fingerprint density at radius 1 is 1.20 bits per heavy atom. The van der Waals surface area contributed by atoms with Crippen molar-refractivity contribution in [2.24, 2.45) is 0 Å². The highest BCUT2D eigenvalue weighted by molar-refractivity contribution is 7.99. The van der Waals surface area contributed by atoms with Crippen molar-refractivity contribution in [3.05, 3.63) is 36.7 Å². The van der Waals surface area contributed by atoms with Crippen molar-refractivity contribution in [2.75, 3.05) is 12.9 Å². The Morgan fingerprint density at radius 3 is 2.85 bits per heavy atom. The van der Waals surface area contributed by atoms with E-state index >= 15 is 0 Å². The van der Waals surface area contributed by atoms with Gasteiger partial charge < -0.3 is 4.74 Å². The number of pyridine rings is 1. The van der Waals surface area contributed by atoms with E-state index in [2.05, 4.69) is 19.7 Å². The highest BCUT2D eigenvalue weighted by Gasteiger charge is 2.05. The Bertz CT molecular complexity index is 563. The zero-order valence-corrected chi connectivity index (χ0v) is 12.0. The van der Waals surface area contributed by atoms with Crippen LogP contribution in [0.1, 0.15) is 12.8 Å². The van der Waals surface area contributed by atoms with Gasteiger partial charge in [-0.25, -0.2) is 9.97 Å². The molecule has 0 saturated heterocycles. The van der Waals surface area contributed by atoms with Crippen LogP contribution in [0.4, 0.5) is 0 Å². The number of hydrogen-bond acceptors (Lipinski definition) is 6. The molecule has 0 aliphatic rings. The number of carbonyl (C=O) groups excluding carboxylic acids is 1. The van der Waals surface area contributed by atoms with E-state index in [-0.39, 0.29) is 5.97 Å². The number of aromatic nitrogens is 3. The van der Waals surface area contributed by atoms with Gasteiger partial charge >= 0.3 is 5.97 Å². The summed E-state index contributed by atoms with van der Waals surface area (Å²) in [7, 11) is 1.40. The van der Waals surface area contributed by atoms with Gasteiger partial charge in [-0.1, -0.05) is 17.8 Å². The molecule has 2 aromatic heterocycles. The fourth-order valence-electron chi connectivity index (χ4n) is 1.55. The van der Waals surface area contributed by atoms with Gasteiger partial charge in [0.05, 0.1) is 18.5 Å². The molecule has 0 spiro atoms. The standard InChI is InChI=1S/C14H15N3O2S/c1-19-13(18)6-4-10-20-14-16-9-7-12(17-14)11-5-2-3-8-15-11/h2-3,5,7-9H,4,6,10H2,1H3. The summed E-state index contributed by atoms with van der Waals surface area (Å²) < 4.78 is 4.59. The minimum Gasteiger partial charge on any atom is -0.469 e. The first-order chi connectivity index (χ1) is 9.79. The van der Waals surface area contributed by atoms with Crippen LogP contribution in [0.25, 0.3) is 11.4 Å². The zero-order chi connectivity index (χ0) is 14.2. The minimum atomic E-state index is -0.186. The number of hydrogen-bond donors (Lipinski definition) is 0. The molecule has 0 radical (unpaired) electrons. The molecule has 0 amide bonds. The molecule has 2 heterocycles. The van der Waals surface area contributed by atoms with Crippen LogP contribution in [0.5, 0.6) is 0 Å². The lowest BCUT2D eigenvalue weighted by Gasteiger charge is -2.03. The van der Waals surface area contributed by atoms with Crippen molar-refractivity contribution in [3.63, 3.8) is 0 Å². The topological polar surface area (TPSA) is 65.0 Å². The summed E-state index contributed by atoms with van der Waals surface area (Å²) in [6.07, 6.45) is 4.62. The number of nitrogens with zero attached hydrogens (tertiary/aromatic N) is 3. The molecule has 0 bridgehead atoms. The smallest absolute Gasteiger partial charge is 0.305 e. The van der Waals surface area contributed by atoms with Gasteiger partial charge in [-0.3, -0.25) is 9.78 Å². The average molecular weight is 289 g/mol. The fourth-order valence-corrected chi connectivity index (χ4v) is 2.32. The van der Waals surface area contributed by atoms with E-state index in [4.69, 9.17) is 0 Å². The fraction of sp³-hybridized carbons (Fsp3) is 0.286. The maximum atomic E-state index is 11.0. The van der Waals surface area contributed by atoms with Gasteiger partial charge in [-0.2, -0.15) is 0 Å². The average Bonchev–Trinajstić information content (AvgIpc) is 2.52. The van der Waals surface area contributed by atoms with E-state index in [1.54, 1.807) is 12.4 Å². The lowest BCUT2D eigenvalue weighted by atomic mass is 10.3. The van der Waals surface area contributed by atoms with Crippen LogP contribution < -0.4 is 0 Å². The highest BCUT2D eigenvalue weighted by Crippen LogP contribution is 2.19. The van der Waals surface area contributed by atoms with E-state index in [9.17, 15) is 4.79 Å². The number of rotatable bonds is 6. The first-order valence-electron chi connectivity index (χ1n) is 6.23. The molecular weight excluding hydrogens is 274 g/mol. The third-order valence-electron chi connectivity index (χ3n) is 2.54. The van der Waals surface area contributed by atoms with Crippen molar-refractivity contribution < 1.29 is 9.53 Å². The zero-order valence-electron chi connectivity index (χ0n) is 11.2. The van der Waals surface area contributed by atoms with E-state index < -0.39 is 0 Å². The summed E-state index contributed by atoms with van der Waals surface area (Å²) in [5.74, 6) is 0.592. The van der Waals surface area contributed by atoms with Crippen molar-refractivity contribution in [1.82, 2.24) is 15.0 Å². The van der Waals surface area contributed by atoms with Crippen molar-refractivity contribution >= 4 is 17.7 Å². The number of esters is 1. The van der Waals surface area contributed by atoms with Gasteiger partial charge in [0.25, 0.3) is 0 Å². The van der Waals surface area contributed by atoms with Crippen LogP contribution in [-0.2, 0) is 9.53 Å². The van der Waals surface area contributed by atoms with Crippen LogP contribution >= 0.6 is 11.8 Å². The first kappa shape index (κ1) is 14.5. The highest BCUT2D eigenvalue weighted by atomic mass is 32.2. The Morgan fingerprint density at radius 2 is 2.10 bits per heavy atom. The van der Waals surface area contributed by atoms with Crippen molar-refractivity contribution in [1.29, 1.82) is 0 Å². The summed E-state index contributed by atoms with van der Waals surface area (Å²) in [6, 6.07) is 7.54. The molecule has 0 aliphatic carbocycles. The number of carbonyl (C=O) groups is 1. The van der Waals surface area contributed by atoms with Gasteiger partial charge in [0.15, 0.2) is 5.16 Å². The van der Waals surface area contributed by atoms with Crippen LogP contribution in [0.3, 0.4) is 0 Å².